The van der Waals surface area contributed by atoms with Gasteiger partial charge < -0.3 is 34.7 Å². The number of carboxylic acid groups (broad SMARTS) is 1. The lowest BCUT2D eigenvalue weighted by atomic mass is 9.43. The third-order valence-corrected chi connectivity index (χ3v) is 10.4. The van der Waals surface area contributed by atoms with Crippen LogP contribution in [0.2, 0.25) is 0 Å². The van der Waals surface area contributed by atoms with Gasteiger partial charge in [-0.2, -0.15) is 0 Å². The lowest BCUT2D eigenvalue weighted by Gasteiger charge is -2.58. The van der Waals surface area contributed by atoms with Gasteiger partial charge in [-0.15, -0.1) is 0 Å². The molecule has 0 spiro atoms. The van der Waals surface area contributed by atoms with Crippen LogP contribution in [0.4, 0.5) is 0 Å². The predicted octanol–water partition coefficient (Wildman–Crippen LogP) is 1.76. The van der Waals surface area contributed by atoms with Crippen molar-refractivity contribution in [3.8, 4) is 0 Å². The first kappa shape index (κ1) is 24.4. The third kappa shape index (κ3) is 2.67. The maximum absolute atomic E-state index is 13.4. The first-order valence-corrected chi connectivity index (χ1v) is 12.7. The molecular weight excluding hydrogens is 440 g/mol. The highest BCUT2D eigenvalue weighted by molar-refractivity contribution is 5.90. The Kier molecular flexibility index (Phi) is 5.62. The SMILES string of the molecule is CC(C)C1=C[C@@H]2C[C@@]3(C=O)[C@H]4CC[C@H](C)[C@@H]4C[C@]2(CO[C@@H]2O[C@H](C)[C@@H](O)[C@H](O)[C@@H]2O)[C@@]13C(=O)O. The number of carboxylic acids is 1. The fourth-order valence-corrected chi connectivity index (χ4v) is 9.02. The molecule has 0 aromatic heterocycles. The van der Waals surface area contributed by atoms with Gasteiger partial charge >= 0.3 is 5.97 Å². The predicted molar refractivity (Wildman–Crippen MR) is 120 cm³/mol. The van der Waals surface area contributed by atoms with Crippen molar-refractivity contribution in [1.82, 2.24) is 0 Å². The van der Waals surface area contributed by atoms with E-state index in [1.54, 1.807) is 6.92 Å². The van der Waals surface area contributed by atoms with Crippen molar-refractivity contribution in [3.05, 3.63) is 11.6 Å². The molecule has 190 valence electrons. The molecule has 1 saturated heterocycles. The second kappa shape index (κ2) is 7.84. The van der Waals surface area contributed by atoms with E-state index in [1.165, 1.54) is 0 Å². The molecule has 1 heterocycles. The standard InChI is InChI=1S/C26H38O8/c1-12(2)18-7-15-8-24(10-27)17-6-5-13(3)16(17)9-25(15,26(18,24)23(31)32)11-33-22-21(30)20(29)19(28)14(4)34-22/h7,10,12-17,19-22,28-30H,5-6,8-9,11H2,1-4H3,(H,31,32)/t13-,14+,15+,16-,17-,19+,20-,21-,22+,24+,25+,26+/m0/s1. The third-order valence-electron chi connectivity index (χ3n) is 10.4. The van der Waals surface area contributed by atoms with Crippen LogP contribution >= 0.6 is 0 Å². The summed E-state index contributed by atoms with van der Waals surface area (Å²) in [5, 5.41) is 41.8. The number of rotatable bonds is 6. The number of fused-ring (bicyclic) bond motifs is 2. The molecule has 0 amide bonds. The molecule has 0 unspecified atom stereocenters. The lowest BCUT2D eigenvalue weighted by Crippen LogP contribution is -2.64. The van der Waals surface area contributed by atoms with Crippen molar-refractivity contribution >= 4 is 12.3 Å². The van der Waals surface area contributed by atoms with Crippen LogP contribution in [-0.4, -0.2) is 70.0 Å². The van der Waals surface area contributed by atoms with Gasteiger partial charge in [0.15, 0.2) is 6.29 Å². The van der Waals surface area contributed by atoms with Crippen molar-refractivity contribution in [1.29, 1.82) is 0 Å². The topological polar surface area (TPSA) is 134 Å². The van der Waals surface area contributed by atoms with Crippen molar-refractivity contribution in [2.45, 2.75) is 84.1 Å². The minimum Gasteiger partial charge on any atom is -0.481 e. The van der Waals surface area contributed by atoms with Crippen molar-refractivity contribution in [2.24, 2.45) is 45.8 Å². The molecule has 8 heteroatoms. The minimum atomic E-state index is -1.46. The van der Waals surface area contributed by atoms with Gasteiger partial charge in [-0.25, -0.2) is 0 Å². The van der Waals surface area contributed by atoms with Gasteiger partial charge in [0.25, 0.3) is 0 Å². The van der Waals surface area contributed by atoms with Crippen LogP contribution in [0, 0.1) is 45.8 Å². The summed E-state index contributed by atoms with van der Waals surface area (Å²) in [4.78, 5) is 26.4. The summed E-state index contributed by atoms with van der Waals surface area (Å²) in [6.07, 6.45) is -0.0313. The maximum atomic E-state index is 13.4. The highest BCUT2D eigenvalue weighted by Crippen LogP contribution is 2.82. The average molecular weight is 479 g/mol. The van der Waals surface area contributed by atoms with Crippen LogP contribution in [0.1, 0.15) is 53.4 Å². The molecule has 0 radical (unpaired) electrons. The molecule has 4 N–H and O–H groups in total. The smallest absolute Gasteiger partial charge is 0.315 e. The first-order chi connectivity index (χ1) is 16.0. The molecule has 1 aliphatic heterocycles. The van der Waals surface area contributed by atoms with Gasteiger partial charge in [0.2, 0.25) is 0 Å². The second-order valence-electron chi connectivity index (χ2n) is 12.0. The largest absolute Gasteiger partial charge is 0.481 e. The van der Waals surface area contributed by atoms with E-state index in [9.17, 15) is 30.0 Å². The number of aliphatic carboxylic acids is 1. The quantitative estimate of drug-likeness (QED) is 0.335. The Balaban J connectivity index is 1.59. The van der Waals surface area contributed by atoms with E-state index in [4.69, 9.17) is 9.47 Å². The van der Waals surface area contributed by atoms with E-state index in [0.29, 0.717) is 18.8 Å². The zero-order valence-electron chi connectivity index (χ0n) is 20.4. The van der Waals surface area contributed by atoms with E-state index in [0.717, 1.165) is 24.7 Å². The number of ether oxygens (including phenoxy) is 2. The Morgan fingerprint density at radius 1 is 1.18 bits per heavy atom. The van der Waals surface area contributed by atoms with Crippen LogP contribution in [0.15, 0.2) is 11.6 Å². The maximum Gasteiger partial charge on any atom is 0.315 e. The Labute approximate surface area is 200 Å². The molecule has 0 aromatic carbocycles. The van der Waals surface area contributed by atoms with E-state index >= 15 is 0 Å². The lowest BCUT2D eigenvalue weighted by molar-refractivity contribution is -0.304. The number of aliphatic hydroxyl groups is 3. The van der Waals surface area contributed by atoms with Crippen LogP contribution < -0.4 is 0 Å². The van der Waals surface area contributed by atoms with Crippen molar-refractivity contribution in [3.63, 3.8) is 0 Å². The molecule has 0 aromatic rings. The zero-order chi connectivity index (χ0) is 24.8. The summed E-state index contributed by atoms with van der Waals surface area (Å²) in [7, 11) is 0. The van der Waals surface area contributed by atoms with Crippen molar-refractivity contribution < 1.29 is 39.5 Å². The van der Waals surface area contributed by atoms with Gasteiger partial charge in [0, 0.05) is 5.41 Å². The van der Waals surface area contributed by atoms with Gasteiger partial charge in [0.05, 0.1) is 18.1 Å². The fraction of sp³-hybridized carbons (Fsp3) is 0.846. The summed E-state index contributed by atoms with van der Waals surface area (Å²) >= 11 is 0. The minimum absolute atomic E-state index is 0.000517. The summed E-state index contributed by atoms with van der Waals surface area (Å²) in [5.74, 6) is -0.472. The van der Waals surface area contributed by atoms with E-state index in [2.05, 4.69) is 13.0 Å². The monoisotopic (exact) mass is 478 g/mol. The Hall–Kier alpha value is -1.32. The zero-order valence-corrected chi connectivity index (χ0v) is 20.4. The van der Waals surface area contributed by atoms with E-state index < -0.39 is 52.9 Å². The van der Waals surface area contributed by atoms with Crippen LogP contribution in [0.3, 0.4) is 0 Å². The number of carbonyl (C=O) groups is 2. The van der Waals surface area contributed by atoms with Gasteiger partial charge in [-0.05, 0) is 55.8 Å². The molecule has 12 atom stereocenters. The molecule has 8 nitrogen and oxygen atoms in total. The van der Waals surface area contributed by atoms with E-state index in [-0.39, 0.29) is 30.3 Å². The molecule has 34 heavy (non-hydrogen) atoms. The number of carbonyl (C=O) groups excluding carboxylic acids is 1. The summed E-state index contributed by atoms with van der Waals surface area (Å²) < 4.78 is 11.8. The number of aliphatic hydroxyl groups excluding tert-OH is 3. The summed E-state index contributed by atoms with van der Waals surface area (Å²) in [5.41, 5.74) is -2.37. The van der Waals surface area contributed by atoms with Gasteiger partial charge in [0.1, 0.15) is 30.0 Å². The van der Waals surface area contributed by atoms with Gasteiger partial charge in [-0.1, -0.05) is 38.8 Å². The average Bonchev–Trinajstić information content (AvgIpc) is 3.36. The molecular formula is C26H38O8. The van der Waals surface area contributed by atoms with E-state index in [1.807, 2.05) is 13.8 Å². The highest BCUT2D eigenvalue weighted by atomic mass is 16.7. The Morgan fingerprint density at radius 2 is 1.88 bits per heavy atom. The molecule has 5 aliphatic rings. The molecule has 3 saturated carbocycles. The highest BCUT2D eigenvalue weighted by Gasteiger charge is 2.84. The Morgan fingerprint density at radius 3 is 2.50 bits per heavy atom. The fourth-order valence-electron chi connectivity index (χ4n) is 9.02. The molecule has 4 aliphatic carbocycles. The van der Waals surface area contributed by atoms with Gasteiger partial charge in [-0.3, -0.25) is 4.79 Å². The number of hydrogen-bond donors (Lipinski definition) is 4. The number of aldehydes is 1. The normalized spacial score (nSPS) is 53.6. The van der Waals surface area contributed by atoms with Crippen molar-refractivity contribution in [2.75, 3.05) is 6.61 Å². The number of hydrogen-bond acceptors (Lipinski definition) is 7. The molecule has 4 bridgehead atoms. The first-order valence-electron chi connectivity index (χ1n) is 12.7. The van der Waals surface area contributed by atoms with Crippen LogP contribution in [0.25, 0.3) is 0 Å². The van der Waals surface area contributed by atoms with Crippen LogP contribution in [0.5, 0.6) is 0 Å². The Bertz CT molecular complexity index is 901. The summed E-state index contributed by atoms with van der Waals surface area (Å²) in [6, 6.07) is 0. The molecule has 5 rings (SSSR count). The number of allylic oxidation sites excluding steroid dienone is 1. The van der Waals surface area contributed by atoms with Crippen LogP contribution in [-0.2, 0) is 19.1 Å². The summed E-state index contributed by atoms with van der Waals surface area (Å²) in [6.45, 7) is 7.76. The molecule has 4 fully saturated rings. The second-order valence-corrected chi connectivity index (χ2v) is 12.0.